The average Bonchev–Trinajstić information content (AvgIpc) is 2.96. The summed E-state index contributed by atoms with van der Waals surface area (Å²) in [5, 5.41) is 12.0. The first kappa shape index (κ1) is 18.3. The van der Waals surface area contributed by atoms with Crippen LogP contribution in [0.15, 0.2) is 53.7 Å². The highest BCUT2D eigenvalue weighted by Crippen LogP contribution is 2.31. The lowest BCUT2D eigenvalue weighted by Crippen LogP contribution is -2.16. The molecule has 1 aromatic heterocycles. The largest absolute Gasteiger partial charge is 0.304 e. The van der Waals surface area contributed by atoms with E-state index < -0.39 is 4.92 Å². The van der Waals surface area contributed by atoms with Crippen LogP contribution in [0, 0.1) is 10.1 Å². The molecular weight excluding hydrogens is 378 g/mol. The Morgan fingerprint density at radius 2 is 2.00 bits per heavy atom. The van der Waals surface area contributed by atoms with Gasteiger partial charge in [0.1, 0.15) is 5.82 Å². The van der Waals surface area contributed by atoms with E-state index in [9.17, 15) is 10.1 Å². The zero-order valence-corrected chi connectivity index (χ0v) is 16.2. The van der Waals surface area contributed by atoms with Crippen LogP contribution in [0.5, 0.6) is 0 Å². The smallest absolute Gasteiger partial charge is 0.270 e. The lowest BCUT2D eigenvalue weighted by molar-refractivity contribution is -0.384. The number of nitro groups is 1. The highest BCUT2D eigenvalue weighted by atomic mass is 35.5. The number of nitrogens with zero attached hydrogens (tertiary/aromatic N) is 5. The number of aromatic nitrogens is 2. The number of imidazole rings is 1. The summed E-state index contributed by atoms with van der Waals surface area (Å²) < 4.78 is 2.03. The Labute approximate surface area is 167 Å². The first-order chi connectivity index (χ1) is 13.5. The number of hydrogen-bond acceptors (Lipinski definition) is 5. The number of aliphatic imine (C=N–C) groups is 1. The molecule has 1 aliphatic heterocycles. The van der Waals surface area contributed by atoms with Gasteiger partial charge in [0, 0.05) is 34.8 Å². The van der Waals surface area contributed by atoms with E-state index in [1.807, 2.05) is 43.1 Å². The number of fused-ring (bicyclic) bond motifs is 3. The summed E-state index contributed by atoms with van der Waals surface area (Å²) in [5.74, 6) is 0.786. The first-order valence-electron chi connectivity index (χ1n) is 8.74. The average molecular weight is 396 g/mol. The number of benzene rings is 2. The third-order valence-electron chi connectivity index (χ3n) is 4.58. The number of rotatable bonds is 4. The topological polar surface area (TPSA) is 76.6 Å². The predicted octanol–water partition coefficient (Wildman–Crippen LogP) is 3.85. The van der Waals surface area contributed by atoms with Gasteiger partial charge in [0.05, 0.1) is 34.8 Å². The van der Waals surface area contributed by atoms with Gasteiger partial charge in [-0.3, -0.25) is 19.7 Å². The summed E-state index contributed by atoms with van der Waals surface area (Å²) in [4.78, 5) is 22.3. The van der Waals surface area contributed by atoms with Crippen molar-refractivity contribution in [2.75, 3.05) is 14.1 Å². The summed E-state index contributed by atoms with van der Waals surface area (Å²) >= 11 is 6.42. The van der Waals surface area contributed by atoms with E-state index in [-0.39, 0.29) is 5.69 Å². The summed E-state index contributed by atoms with van der Waals surface area (Å²) in [7, 11) is 3.97. The summed E-state index contributed by atoms with van der Waals surface area (Å²) in [6, 6.07) is 12.2. The predicted molar refractivity (Wildman–Crippen MR) is 108 cm³/mol. The normalized spacial score (nSPS) is 12.9. The molecule has 3 aromatic rings. The molecule has 4 rings (SSSR count). The fraction of sp³-hybridized carbons (Fsp3) is 0.200. The zero-order chi connectivity index (χ0) is 19.8. The number of nitro benzene ring substituents is 1. The molecule has 0 N–H and O–H groups in total. The third kappa shape index (κ3) is 3.19. The van der Waals surface area contributed by atoms with Crippen molar-refractivity contribution < 1.29 is 4.92 Å². The van der Waals surface area contributed by atoms with Crippen LogP contribution in [-0.2, 0) is 13.1 Å². The van der Waals surface area contributed by atoms with Crippen molar-refractivity contribution in [2.24, 2.45) is 4.99 Å². The minimum absolute atomic E-state index is 0.0104. The van der Waals surface area contributed by atoms with E-state index in [2.05, 4.69) is 9.88 Å². The molecule has 2 aromatic carbocycles. The van der Waals surface area contributed by atoms with Crippen LogP contribution in [0.4, 0.5) is 5.69 Å². The molecule has 0 amide bonds. The van der Waals surface area contributed by atoms with Gasteiger partial charge in [-0.15, -0.1) is 0 Å². The molecule has 0 aliphatic carbocycles. The molecule has 0 radical (unpaired) electrons. The Bertz CT molecular complexity index is 1100. The molecule has 1 aliphatic rings. The third-order valence-corrected chi connectivity index (χ3v) is 4.91. The highest BCUT2D eigenvalue weighted by molar-refractivity contribution is 6.35. The van der Waals surface area contributed by atoms with Gasteiger partial charge < -0.3 is 4.90 Å². The Balaban J connectivity index is 1.98. The number of non-ortho nitro benzene ring substituents is 1. The molecule has 142 valence electrons. The van der Waals surface area contributed by atoms with Gasteiger partial charge in [0.2, 0.25) is 0 Å². The van der Waals surface area contributed by atoms with E-state index in [0.717, 1.165) is 22.8 Å². The number of halogens is 1. The van der Waals surface area contributed by atoms with Crippen molar-refractivity contribution in [3.05, 3.63) is 86.4 Å². The summed E-state index contributed by atoms with van der Waals surface area (Å²) in [6.45, 7) is 1.04. The molecule has 0 saturated heterocycles. The first-order valence-corrected chi connectivity index (χ1v) is 9.12. The van der Waals surface area contributed by atoms with E-state index in [0.29, 0.717) is 29.4 Å². The fourth-order valence-corrected chi connectivity index (χ4v) is 3.64. The van der Waals surface area contributed by atoms with Crippen molar-refractivity contribution in [3.8, 4) is 5.69 Å². The molecule has 8 heteroatoms. The molecule has 0 bridgehead atoms. The SMILES string of the molecule is CN(C)Cc1cnc2n1-c1ccc([N+](=O)[O-])cc1C(c1ccccc1Cl)=NC2. The Morgan fingerprint density at radius 1 is 1.21 bits per heavy atom. The van der Waals surface area contributed by atoms with Gasteiger partial charge in [-0.1, -0.05) is 29.8 Å². The maximum absolute atomic E-state index is 11.4. The van der Waals surface area contributed by atoms with Crippen LogP contribution in [0.1, 0.15) is 22.6 Å². The van der Waals surface area contributed by atoms with Gasteiger partial charge in [0.25, 0.3) is 5.69 Å². The lowest BCUT2D eigenvalue weighted by Gasteiger charge is -2.16. The minimum atomic E-state index is -0.398. The second-order valence-electron chi connectivity index (χ2n) is 6.84. The van der Waals surface area contributed by atoms with Crippen LogP contribution < -0.4 is 0 Å². The van der Waals surface area contributed by atoms with Gasteiger partial charge in [0.15, 0.2) is 0 Å². The maximum Gasteiger partial charge on any atom is 0.270 e. The van der Waals surface area contributed by atoms with E-state index in [1.165, 1.54) is 6.07 Å². The molecule has 28 heavy (non-hydrogen) atoms. The van der Waals surface area contributed by atoms with Gasteiger partial charge >= 0.3 is 0 Å². The molecule has 7 nitrogen and oxygen atoms in total. The highest BCUT2D eigenvalue weighted by Gasteiger charge is 2.25. The van der Waals surface area contributed by atoms with Crippen LogP contribution in [0.3, 0.4) is 0 Å². The van der Waals surface area contributed by atoms with Gasteiger partial charge in [-0.25, -0.2) is 4.98 Å². The van der Waals surface area contributed by atoms with Crippen LogP contribution in [-0.4, -0.2) is 39.2 Å². The zero-order valence-electron chi connectivity index (χ0n) is 15.5. The standard InChI is InChI=1S/C20H18ClN5O2/c1-24(2)12-14-10-22-19-11-23-20(15-5-3-4-6-17(15)21)16-9-13(26(27)28)7-8-18(16)25(14)19/h3-10H,11-12H2,1-2H3. The molecule has 0 spiro atoms. The summed E-state index contributed by atoms with van der Waals surface area (Å²) in [5.41, 5.74) is 3.85. The summed E-state index contributed by atoms with van der Waals surface area (Å²) in [6.07, 6.45) is 1.83. The van der Waals surface area contributed by atoms with Crippen molar-refractivity contribution in [1.82, 2.24) is 14.5 Å². The fourth-order valence-electron chi connectivity index (χ4n) is 3.41. The van der Waals surface area contributed by atoms with E-state index in [4.69, 9.17) is 16.6 Å². The molecule has 2 heterocycles. The molecule has 0 fully saturated rings. The van der Waals surface area contributed by atoms with Crippen LogP contribution in [0.2, 0.25) is 5.02 Å². The van der Waals surface area contributed by atoms with Crippen molar-refractivity contribution in [3.63, 3.8) is 0 Å². The maximum atomic E-state index is 11.4. The van der Waals surface area contributed by atoms with Crippen molar-refractivity contribution in [2.45, 2.75) is 13.1 Å². The van der Waals surface area contributed by atoms with Crippen LogP contribution in [0.25, 0.3) is 5.69 Å². The quantitative estimate of drug-likeness (QED) is 0.496. The van der Waals surface area contributed by atoms with E-state index >= 15 is 0 Å². The van der Waals surface area contributed by atoms with E-state index in [1.54, 1.807) is 18.2 Å². The molecule has 0 atom stereocenters. The lowest BCUT2D eigenvalue weighted by atomic mass is 9.99. The Morgan fingerprint density at radius 3 is 2.71 bits per heavy atom. The monoisotopic (exact) mass is 395 g/mol. The van der Waals surface area contributed by atoms with Crippen LogP contribution >= 0.6 is 11.6 Å². The Kier molecular flexibility index (Phi) is 4.70. The second kappa shape index (κ2) is 7.18. The minimum Gasteiger partial charge on any atom is -0.304 e. The molecule has 0 saturated carbocycles. The number of hydrogen-bond donors (Lipinski definition) is 0. The van der Waals surface area contributed by atoms with Gasteiger partial charge in [-0.05, 0) is 26.2 Å². The Hall–Kier alpha value is -3.03. The van der Waals surface area contributed by atoms with Crippen molar-refractivity contribution in [1.29, 1.82) is 0 Å². The second-order valence-corrected chi connectivity index (χ2v) is 7.25. The van der Waals surface area contributed by atoms with Crippen molar-refractivity contribution >= 4 is 23.0 Å². The molecular formula is C20H18ClN5O2. The molecule has 0 unspecified atom stereocenters. The van der Waals surface area contributed by atoms with Gasteiger partial charge in [-0.2, -0.15) is 0 Å².